The Morgan fingerprint density at radius 2 is 2.16 bits per heavy atom. The highest BCUT2D eigenvalue weighted by atomic mass is 32.2. The van der Waals surface area contributed by atoms with Crippen molar-refractivity contribution in [2.24, 2.45) is 0 Å². The monoisotopic (exact) mass is 275 g/mol. The normalized spacial score (nSPS) is 16.7. The number of carbonyl (C=O) groups excluding carboxylic acids is 2. The molecule has 0 N–H and O–H groups in total. The number of likely N-dealkylation sites (N-methyl/N-ethyl adjacent to an activating group) is 1. The number of anilines is 1. The predicted molar refractivity (Wildman–Crippen MR) is 78.9 cm³/mol. The predicted octanol–water partition coefficient (Wildman–Crippen LogP) is 3.29. The molecule has 0 aromatic heterocycles. The van der Waals surface area contributed by atoms with Gasteiger partial charge in [0.15, 0.2) is 5.78 Å². The van der Waals surface area contributed by atoms with Crippen LogP contribution in [0.5, 0.6) is 0 Å². The molecule has 0 bridgehead atoms. The van der Waals surface area contributed by atoms with Gasteiger partial charge < -0.3 is 4.90 Å². The first-order valence-electron chi connectivity index (χ1n) is 6.10. The van der Waals surface area contributed by atoms with Crippen LogP contribution in [0.1, 0.15) is 30.6 Å². The van der Waals surface area contributed by atoms with E-state index in [0.717, 1.165) is 10.6 Å². The topological polar surface area (TPSA) is 37.4 Å². The number of hydrogen-bond acceptors (Lipinski definition) is 3. The fourth-order valence-electron chi connectivity index (χ4n) is 2.11. The van der Waals surface area contributed by atoms with Crippen LogP contribution >= 0.6 is 11.8 Å². The van der Waals surface area contributed by atoms with Crippen molar-refractivity contribution in [1.82, 2.24) is 0 Å². The fourth-order valence-corrected chi connectivity index (χ4v) is 3.33. The van der Waals surface area contributed by atoms with Crippen LogP contribution in [-0.2, 0) is 4.79 Å². The van der Waals surface area contributed by atoms with Crippen molar-refractivity contribution in [3.05, 3.63) is 36.4 Å². The zero-order valence-electron chi connectivity index (χ0n) is 11.4. The molecule has 19 heavy (non-hydrogen) atoms. The first-order chi connectivity index (χ1) is 8.84. The highest BCUT2D eigenvalue weighted by Crippen LogP contribution is 2.43. The Bertz CT molecular complexity index is 563. The molecule has 0 fully saturated rings. The Morgan fingerprint density at radius 1 is 1.47 bits per heavy atom. The van der Waals surface area contributed by atoms with Gasteiger partial charge in [0.1, 0.15) is 0 Å². The van der Waals surface area contributed by atoms with Gasteiger partial charge in [0, 0.05) is 34.4 Å². The molecule has 0 atom stereocenters. The zero-order valence-corrected chi connectivity index (χ0v) is 12.2. The van der Waals surface area contributed by atoms with Crippen LogP contribution in [0.25, 0.3) is 0 Å². The molecular formula is C15H17NO2S. The van der Waals surface area contributed by atoms with Gasteiger partial charge in [-0.05, 0) is 38.1 Å². The second kappa shape index (κ2) is 4.85. The van der Waals surface area contributed by atoms with Crippen molar-refractivity contribution >= 4 is 29.1 Å². The highest BCUT2D eigenvalue weighted by molar-refractivity contribution is 8.00. The Morgan fingerprint density at radius 3 is 2.79 bits per heavy atom. The van der Waals surface area contributed by atoms with E-state index >= 15 is 0 Å². The lowest BCUT2D eigenvalue weighted by atomic mass is 9.99. The summed E-state index contributed by atoms with van der Waals surface area (Å²) in [6, 6.07) is 5.57. The number of fused-ring (bicyclic) bond motifs is 1. The van der Waals surface area contributed by atoms with Crippen molar-refractivity contribution in [2.45, 2.75) is 29.9 Å². The Kier molecular flexibility index (Phi) is 3.54. The van der Waals surface area contributed by atoms with Gasteiger partial charge in [-0.2, -0.15) is 0 Å². The molecule has 0 spiro atoms. The molecule has 1 heterocycles. The van der Waals surface area contributed by atoms with Crippen LogP contribution in [0.2, 0.25) is 0 Å². The lowest BCUT2D eigenvalue weighted by Crippen LogP contribution is -2.27. The third-order valence-electron chi connectivity index (χ3n) is 3.13. The molecule has 0 saturated heterocycles. The Balaban J connectivity index is 2.40. The molecule has 1 aliphatic rings. The standard InChI is InChI=1S/C15H17NO2S/c1-5-14(18)16(4)10-6-7-13-11(8-10)12(17)9-15(2,3)19-13/h5-8H,1,9H2,2-4H3. The van der Waals surface area contributed by atoms with Crippen molar-refractivity contribution in [2.75, 3.05) is 11.9 Å². The maximum atomic E-state index is 12.2. The maximum absolute atomic E-state index is 12.2. The number of carbonyl (C=O) groups is 2. The van der Waals surface area contributed by atoms with Crippen molar-refractivity contribution in [3.63, 3.8) is 0 Å². The molecule has 100 valence electrons. The smallest absolute Gasteiger partial charge is 0.250 e. The minimum Gasteiger partial charge on any atom is -0.312 e. The number of hydrogen-bond donors (Lipinski definition) is 0. The van der Waals surface area contributed by atoms with Crippen LogP contribution in [0, 0.1) is 0 Å². The number of ketones is 1. The summed E-state index contributed by atoms with van der Waals surface area (Å²) in [5.41, 5.74) is 1.43. The van der Waals surface area contributed by atoms with Crippen LogP contribution in [-0.4, -0.2) is 23.5 Å². The third-order valence-corrected chi connectivity index (χ3v) is 4.40. The van der Waals surface area contributed by atoms with Gasteiger partial charge in [-0.25, -0.2) is 0 Å². The van der Waals surface area contributed by atoms with E-state index in [-0.39, 0.29) is 16.4 Å². The van der Waals surface area contributed by atoms with Gasteiger partial charge >= 0.3 is 0 Å². The molecular weight excluding hydrogens is 258 g/mol. The van der Waals surface area contributed by atoms with Gasteiger partial charge in [0.25, 0.3) is 0 Å². The molecule has 0 radical (unpaired) electrons. The summed E-state index contributed by atoms with van der Waals surface area (Å²) >= 11 is 1.71. The molecule has 2 rings (SSSR count). The van der Waals surface area contributed by atoms with E-state index in [4.69, 9.17) is 0 Å². The zero-order chi connectivity index (χ0) is 14.2. The largest absolute Gasteiger partial charge is 0.312 e. The lowest BCUT2D eigenvalue weighted by Gasteiger charge is -2.30. The number of nitrogens with zero attached hydrogens (tertiary/aromatic N) is 1. The minimum atomic E-state index is -0.184. The number of thioether (sulfide) groups is 1. The van der Waals surface area contributed by atoms with E-state index < -0.39 is 0 Å². The summed E-state index contributed by atoms with van der Waals surface area (Å²) < 4.78 is -0.0611. The van der Waals surface area contributed by atoms with Crippen LogP contribution in [0.3, 0.4) is 0 Å². The number of Topliss-reactive ketones (excluding diaryl/α,β-unsaturated/α-hetero) is 1. The summed E-state index contributed by atoms with van der Waals surface area (Å²) in [4.78, 5) is 26.2. The molecule has 0 unspecified atom stereocenters. The van der Waals surface area contributed by atoms with E-state index in [2.05, 4.69) is 20.4 Å². The lowest BCUT2D eigenvalue weighted by molar-refractivity contribution is -0.113. The van der Waals surface area contributed by atoms with E-state index in [9.17, 15) is 9.59 Å². The van der Waals surface area contributed by atoms with Gasteiger partial charge in [-0.1, -0.05) is 6.58 Å². The number of amides is 1. The summed E-state index contributed by atoms with van der Waals surface area (Å²) in [6.07, 6.45) is 1.78. The first kappa shape index (κ1) is 13.9. The summed E-state index contributed by atoms with van der Waals surface area (Å²) in [6.45, 7) is 7.60. The quantitative estimate of drug-likeness (QED) is 0.777. The molecule has 1 aromatic rings. The molecule has 4 heteroatoms. The van der Waals surface area contributed by atoms with Gasteiger partial charge in [0.2, 0.25) is 5.91 Å². The number of benzene rings is 1. The summed E-state index contributed by atoms with van der Waals surface area (Å²) in [7, 11) is 1.68. The average Bonchev–Trinajstić information content (AvgIpc) is 2.35. The Labute approximate surface area is 117 Å². The maximum Gasteiger partial charge on any atom is 0.250 e. The highest BCUT2D eigenvalue weighted by Gasteiger charge is 2.32. The van der Waals surface area contributed by atoms with E-state index in [1.165, 1.54) is 11.0 Å². The molecule has 1 aliphatic heterocycles. The third kappa shape index (κ3) is 2.73. The Hall–Kier alpha value is -1.55. The van der Waals surface area contributed by atoms with E-state index in [1.54, 1.807) is 24.9 Å². The summed E-state index contributed by atoms with van der Waals surface area (Å²) in [5, 5.41) is 0. The second-order valence-electron chi connectivity index (χ2n) is 5.24. The molecule has 0 aliphatic carbocycles. The first-order valence-corrected chi connectivity index (χ1v) is 6.92. The van der Waals surface area contributed by atoms with Crippen LogP contribution in [0.15, 0.2) is 35.7 Å². The van der Waals surface area contributed by atoms with Gasteiger partial charge in [-0.3, -0.25) is 9.59 Å². The SMILES string of the molecule is C=CC(=O)N(C)c1ccc2c(c1)C(=O)CC(C)(C)S2. The van der Waals surface area contributed by atoms with Crippen LogP contribution < -0.4 is 4.90 Å². The van der Waals surface area contributed by atoms with Crippen molar-refractivity contribution in [1.29, 1.82) is 0 Å². The van der Waals surface area contributed by atoms with Gasteiger partial charge in [0.05, 0.1) is 0 Å². The number of rotatable bonds is 2. The molecule has 1 amide bonds. The molecule has 1 aromatic carbocycles. The summed E-state index contributed by atoms with van der Waals surface area (Å²) in [5.74, 6) is -0.0451. The molecule has 3 nitrogen and oxygen atoms in total. The van der Waals surface area contributed by atoms with E-state index in [0.29, 0.717) is 12.0 Å². The minimum absolute atomic E-state index is 0.0611. The van der Waals surface area contributed by atoms with Crippen molar-refractivity contribution in [3.8, 4) is 0 Å². The van der Waals surface area contributed by atoms with Gasteiger partial charge in [-0.15, -0.1) is 11.8 Å². The second-order valence-corrected chi connectivity index (χ2v) is 6.99. The van der Waals surface area contributed by atoms with E-state index in [1.807, 2.05) is 12.1 Å². The average molecular weight is 275 g/mol. The fraction of sp³-hybridized carbons (Fsp3) is 0.333. The van der Waals surface area contributed by atoms with Crippen molar-refractivity contribution < 1.29 is 9.59 Å². The molecule has 0 saturated carbocycles. The van der Waals surface area contributed by atoms with Crippen LogP contribution in [0.4, 0.5) is 5.69 Å².